The summed E-state index contributed by atoms with van der Waals surface area (Å²) in [7, 11) is -4.15. The summed E-state index contributed by atoms with van der Waals surface area (Å²) in [6, 6.07) is 27.2. The third-order valence-corrected chi connectivity index (χ3v) is 6.71. The molecule has 1 aliphatic carbocycles. The Balaban J connectivity index is 1.54. The van der Waals surface area contributed by atoms with E-state index in [1.807, 2.05) is 42.7 Å². The van der Waals surface area contributed by atoms with Crippen molar-refractivity contribution in [3.63, 3.8) is 0 Å². The fourth-order valence-electron chi connectivity index (χ4n) is 3.11. The predicted octanol–water partition coefficient (Wildman–Crippen LogP) is 7.45. The molecule has 174 valence electrons. The lowest BCUT2D eigenvalue weighted by Gasteiger charge is -2.16. The molecule has 0 saturated carbocycles. The van der Waals surface area contributed by atoms with E-state index < -0.39 is 7.82 Å². The van der Waals surface area contributed by atoms with E-state index in [0.717, 1.165) is 16.0 Å². The predicted molar refractivity (Wildman–Crippen MR) is 139 cm³/mol. The van der Waals surface area contributed by atoms with Crippen LogP contribution in [0.2, 0.25) is 0 Å². The highest BCUT2D eigenvalue weighted by Crippen LogP contribution is 2.50. The van der Waals surface area contributed by atoms with Gasteiger partial charge in [0.05, 0.1) is 5.57 Å². The van der Waals surface area contributed by atoms with Crippen LogP contribution in [0.3, 0.4) is 0 Å². The molecule has 3 aromatic carbocycles. The Morgan fingerprint density at radius 2 is 1.37 bits per heavy atom. The van der Waals surface area contributed by atoms with Crippen molar-refractivity contribution in [2.45, 2.75) is 4.90 Å². The first-order chi connectivity index (χ1) is 17.1. The van der Waals surface area contributed by atoms with Crippen LogP contribution in [0.25, 0.3) is 5.57 Å². The average molecular weight is 501 g/mol. The van der Waals surface area contributed by atoms with Gasteiger partial charge in [0.25, 0.3) is 0 Å². The van der Waals surface area contributed by atoms with Crippen LogP contribution in [0.15, 0.2) is 125 Å². The van der Waals surface area contributed by atoms with Crippen LogP contribution in [-0.2, 0) is 9.19 Å². The third-order valence-electron chi connectivity index (χ3n) is 4.81. The zero-order valence-electron chi connectivity index (χ0n) is 18.8. The summed E-state index contributed by atoms with van der Waals surface area (Å²) >= 11 is 1.64. The van der Waals surface area contributed by atoms with E-state index in [1.165, 1.54) is 0 Å². The minimum atomic E-state index is -4.15. The van der Waals surface area contributed by atoms with Gasteiger partial charge in [-0.05, 0) is 65.9 Å². The van der Waals surface area contributed by atoms with Gasteiger partial charge in [-0.25, -0.2) is 0 Å². The topological polar surface area (TPSA) is 80.9 Å². The second kappa shape index (κ2) is 11.4. The maximum absolute atomic E-state index is 13.4. The number of thioether (sulfide) groups is 1. The molecular formula is C27H21N2O4PS. The lowest BCUT2D eigenvalue weighted by Crippen LogP contribution is -2.04. The zero-order valence-corrected chi connectivity index (χ0v) is 20.5. The second-order valence-corrected chi connectivity index (χ2v) is 9.49. The van der Waals surface area contributed by atoms with E-state index in [4.69, 9.17) is 13.7 Å². The number of nitrogens with zero attached hydrogens (tertiary/aromatic N) is 2. The highest BCUT2D eigenvalue weighted by atomic mass is 32.2. The van der Waals surface area contributed by atoms with Crippen LogP contribution in [0, 0.1) is 11.3 Å². The first-order valence-corrected chi connectivity index (χ1v) is 13.3. The van der Waals surface area contributed by atoms with Gasteiger partial charge in [-0.1, -0.05) is 65.8 Å². The van der Waals surface area contributed by atoms with Gasteiger partial charge in [-0.2, -0.15) is 9.83 Å². The molecule has 0 radical (unpaired) electrons. The van der Waals surface area contributed by atoms with E-state index in [0.29, 0.717) is 22.8 Å². The largest absolute Gasteiger partial charge is 0.668 e. The summed E-state index contributed by atoms with van der Waals surface area (Å²) in [5.74, 6) is 0.635. The lowest BCUT2D eigenvalue weighted by atomic mass is 9.97. The zero-order chi connectivity index (χ0) is 24.5. The molecule has 1 aliphatic rings. The molecular weight excluding hydrogens is 479 g/mol. The fraction of sp³-hybridized carbons (Fsp3) is 0.0370. The van der Waals surface area contributed by atoms with Crippen LogP contribution in [0.4, 0.5) is 0 Å². The third kappa shape index (κ3) is 6.54. The lowest BCUT2D eigenvalue weighted by molar-refractivity contribution is 0.218. The van der Waals surface area contributed by atoms with Crippen molar-refractivity contribution in [3.05, 3.63) is 120 Å². The molecule has 0 amide bonds. The molecule has 0 N–H and O–H groups in total. The first-order valence-electron chi connectivity index (χ1n) is 10.6. The van der Waals surface area contributed by atoms with Gasteiger partial charge >= 0.3 is 7.82 Å². The number of oxime groups is 1. The van der Waals surface area contributed by atoms with Gasteiger partial charge < -0.3 is 9.05 Å². The number of hydrogen-bond donors (Lipinski definition) is 0. The summed E-state index contributed by atoms with van der Waals surface area (Å²) in [5.41, 5.74) is 2.48. The maximum Gasteiger partial charge on any atom is 0.668 e. The number of phosphoric ester groups is 1. The SMILES string of the molecule is CSc1ccc(C(C#N)=C2C=CC(=NOP(=O)(Oc3ccccc3)Oc3ccccc3)C=C2)cc1. The van der Waals surface area contributed by atoms with Crippen molar-refractivity contribution in [3.8, 4) is 17.6 Å². The van der Waals surface area contributed by atoms with Crippen LogP contribution in [0.5, 0.6) is 11.5 Å². The van der Waals surface area contributed by atoms with Crippen LogP contribution < -0.4 is 9.05 Å². The van der Waals surface area contributed by atoms with Crippen molar-refractivity contribution in [1.29, 1.82) is 5.26 Å². The Bertz CT molecular complexity index is 1310. The molecule has 0 spiro atoms. The molecule has 0 bridgehead atoms. The average Bonchev–Trinajstić information content (AvgIpc) is 2.90. The molecule has 0 aliphatic heterocycles. The molecule has 0 unspecified atom stereocenters. The molecule has 35 heavy (non-hydrogen) atoms. The molecule has 4 rings (SSSR count). The van der Waals surface area contributed by atoms with Gasteiger partial charge in [-0.3, -0.25) is 4.62 Å². The van der Waals surface area contributed by atoms with Crippen LogP contribution in [0.1, 0.15) is 5.56 Å². The smallest absolute Gasteiger partial charge is 0.385 e. The molecule has 0 heterocycles. The van der Waals surface area contributed by atoms with E-state index in [-0.39, 0.29) is 0 Å². The summed E-state index contributed by atoms with van der Waals surface area (Å²) in [4.78, 5) is 1.12. The molecule has 0 fully saturated rings. The molecule has 6 nitrogen and oxygen atoms in total. The highest BCUT2D eigenvalue weighted by molar-refractivity contribution is 7.98. The number of nitriles is 1. The summed E-state index contributed by atoms with van der Waals surface area (Å²) < 4.78 is 29.8. The Labute approximate surface area is 208 Å². The fourth-order valence-corrected chi connectivity index (χ4v) is 4.58. The normalized spacial score (nSPS) is 12.6. The Kier molecular flexibility index (Phi) is 7.89. The Hall–Kier alpha value is -3.98. The van der Waals surface area contributed by atoms with Crippen molar-refractivity contribution >= 4 is 30.9 Å². The molecule has 3 aromatic rings. The van der Waals surface area contributed by atoms with E-state index in [2.05, 4.69) is 11.2 Å². The monoisotopic (exact) mass is 500 g/mol. The number of para-hydroxylation sites is 2. The minimum Gasteiger partial charge on any atom is -0.385 e. The maximum atomic E-state index is 13.4. The second-order valence-electron chi connectivity index (χ2n) is 7.19. The van der Waals surface area contributed by atoms with Gasteiger partial charge in [0.1, 0.15) is 23.3 Å². The summed E-state index contributed by atoms with van der Waals surface area (Å²) in [6.45, 7) is 0. The van der Waals surface area contributed by atoms with Crippen molar-refractivity contribution in [1.82, 2.24) is 0 Å². The molecule has 0 saturated heterocycles. The quantitative estimate of drug-likeness (QED) is 0.138. The number of allylic oxidation sites excluding steroid dienone is 6. The van der Waals surface area contributed by atoms with E-state index >= 15 is 0 Å². The number of phosphoric acid groups is 1. The molecule has 8 heteroatoms. The van der Waals surface area contributed by atoms with Crippen molar-refractivity contribution in [2.75, 3.05) is 6.26 Å². The number of rotatable bonds is 8. The minimum absolute atomic E-state index is 0.318. The Morgan fingerprint density at radius 1 is 0.829 bits per heavy atom. The van der Waals surface area contributed by atoms with Crippen LogP contribution >= 0.6 is 19.6 Å². The Morgan fingerprint density at radius 3 is 1.86 bits per heavy atom. The van der Waals surface area contributed by atoms with Gasteiger partial charge in [0.2, 0.25) is 0 Å². The van der Waals surface area contributed by atoms with Gasteiger partial charge in [-0.15, -0.1) is 11.8 Å². The van der Waals surface area contributed by atoms with Gasteiger partial charge in [0.15, 0.2) is 0 Å². The summed E-state index contributed by atoms with van der Waals surface area (Å²) in [6.07, 6.45) is 8.84. The van der Waals surface area contributed by atoms with E-state index in [9.17, 15) is 9.83 Å². The molecule has 0 aromatic heterocycles. The van der Waals surface area contributed by atoms with Gasteiger partial charge in [0, 0.05) is 4.90 Å². The molecule has 0 atom stereocenters. The highest BCUT2D eigenvalue weighted by Gasteiger charge is 2.33. The summed E-state index contributed by atoms with van der Waals surface area (Å²) in [5, 5.41) is 13.7. The standard InChI is InChI=1S/C27H21N2O4PS/c1-35-26-18-14-22(15-19-26)27(20-28)21-12-16-23(17-13-21)29-33-34(30,31-24-8-4-2-5-9-24)32-25-10-6-3-7-11-25/h2-19H,1H3. The van der Waals surface area contributed by atoms with Crippen molar-refractivity contribution in [2.24, 2.45) is 5.16 Å². The first kappa shape index (κ1) is 24.2. The number of benzene rings is 3. The number of hydrogen-bond acceptors (Lipinski definition) is 7. The van der Waals surface area contributed by atoms with E-state index in [1.54, 1.807) is 84.6 Å². The van der Waals surface area contributed by atoms with Crippen LogP contribution in [-0.4, -0.2) is 12.0 Å². The van der Waals surface area contributed by atoms with Crippen molar-refractivity contribution < 1.29 is 18.2 Å².